The number of pyridine rings is 1. The zero-order valence-electron chi connectivity index (χ0n) is 17.9. The maximum Gasteiger partial charge on any atom is 0.393 e. The molecule has 5 rings (SSSR count). The van der Waals surface area contributed by atoms with Crippen LogP contribution in [0.15, 0.2) is 12.1 Å². The first-order valence-electron chi connectivity index (χ1n) is 10.9. The molecule has 0 aliphatic carbocycles. The molecule has 11 heteroatoms. The molecule has 2 atom stereocenters. The predicted octanol–water partition coefficient (Wildman–Crippen LogP) is 4.91. The van der Waals surface area contributed by atoms with Crippen molar-refractivity contribution >= 4 is 39.8 Å². The van der Waals surface area contributed by atoms with Crippen molar-refractivity contribution in [2.75, 3.05) is 39.7 Å². The molecule has 3 aliphatic rings. The van der Waals surface area contributed by atoms with E-state index in [1.807, 2.05) is 19.9 Å². The van der Waals surface area contributed by atoms with Crippen LogP contribution in [0, 0.1) is 19.8 Å². The Labute approximate surface area is 188 Å². The topological polar surface area (TPSA) is 64.6 Å². The van der Waals surface area contributed by atoms with Crippen molar-refractivity contribution in [3.63, 3.8) is 0 Å². The summed E-state index contributed by atoms with van der Waals surface area (Å²) in [6.07, 6.45) is -1.97. The Kier molecular flexibility index (Phi) is 5.18. The van der Waals surface area contributed by atoms with Gasteiger partial charge in [-0.05, 0) is 51.7 Å². The first kappa shape index (κ1) is 21.3. The lowest BCUT2D eigenvalue weighted by Crippen LogP contribution is -2.45. The number of carbonyl (C=O) groups is 1. The van der Waals surface area contributed by atoms with Gasteiger partial charge in [-0.2, -0.15) is 13.2 Å². The van der Waals surface area contributed by atoms with Crippen molar-refractivity contribution < 1.29 is 18.0 Å². The standard InChI is InChI=1S/C21H25F3N6OS/c1-12-13(2)32-19(25-12)27-20(31)30-17-6-4-10-29(17)15-7-8-16(26-18(15)30)28-9-3-5-14(11-28)21(22,23)24/h7-8,14,17H,3-6,9-11H2,1-2H3,(H,25,27,31). The number of fused-ring (bicyclic) bond motifs is 3. The molecule has 3 aliphatic heterocycles. The van der Waals surface area contributed by atoms with Crippen LogP contribution in [-0.4, -0.2) is 48.0 Å². The molecular weight excluding hydrogens is 441 g/mol. The number of nitrogens with one attached hydrogen (secondary N) is 1. The van der Waals surface area contributed by atoms with Crippen molar-refractivity contribution in [2.45, 2.75) is 51.9 Å². The summed E-state index contributed by atoms with van der Waals surface area (Å²) in [5.41, 5.74) is 1.72. The number of rotatable bonds is 2. The third-order valence-corrected chi connectivity index (χ3v) is 7.55. The number of nitrogens with zero attached hydrogens (tertiary/aromatic N) is 5. The normalized spacial score (nSPS) is 22.8. The highest BCUT2D eigenvalue weighted by molar-refractivity contribution is 7.15. The number of carbonyl (C=O) groups excluding carboxylic acids is 1. The summed E-state index contributed by atoms with van der Waals surface area (Å²) in [7, 11) is 0. The minimum absolute atomic E-state index is 0.105. The van der Waals surface area contributed by atoms with Crippen LogP contribution in [0.5, 0.6) is 0 Å². The van der Waals surface area contributed by atoms with Crippen LogP contribution < -0.4 is 20.0 Å². The van der Waals surface area contributed by atoms with Crippen molar-refractivity contribution in [3.8, 4) is 0 Å². The van der Waals surface area contributed by atoms with Crippen molar-refractivity contribution in [1.29, 1.82) is 0 Å². The van der Waals surface area contributed by atoms with E-state index in [0.29, 0.717) is 29.7 Å². The van der Waals surface area contributed by atoms with E-state index >= 15 is 0 Å². The summed E-state index contributed by atoms with van der Waals surface area (Å²) >= 11 is 1.42. The Morgan fingerprint density at radius 2 is 1.94 bits per heavy atom. The number of hydrogen-bond donors (Lipinski definition) is 1. The molecule has 0 aromatic carbocycles. The predicted molar refractivity (Wildman–Crippen MR) is 119 cm³/mol. The van der Waals surface area contributed by atoms with E-state index in [4.69, 9.17) is 4.98 Å². The Hall–Kier alpha value is -2.56. The lowest BCUT2D eigenvalue weighted by atomic mass is 9.97. The van der Waals surface area contributed by atoms with Gasteiger partial charge >= 0.3 is 12.2 Å². The SMILES string of the molecule is Cc1nc(NC(=O)N2c3nc(N4CCCC(C(F)(F)F)C4)ccc3N3CCCC32)sc1C. The van der Waals surface area contributed by atoms with Gasteiger partial charge in [-0.25, -0.2) is 14.8 Å². The Bertz CT molecular complexity index is 1020. The van der Waals surface area contributed by atoms with Crippen LogP contribution in [0.1, 0.15) is 36.3 Å². The summed E-state index contributed by atoms with van der Waals surface area (Å²) in [4.78, 5) is 28.9. The van der Waals surface area contributed by atoms with Crippen molar-refractivity contribution in [1.82, 2.24) is 9.97 Å². The summed E-state index contributed by atoms with van der Waals surface area (Å²) in [6, 6.07) is 3.35. The number of aromatic nitrogens is 2. The summed E-state index contributed by atoms with van der Waals surface area (Å²) in [5, 5.41) is 3.42. The smallest absolute Gasteiger partial charge is 0.356 e. The average Bonchev–Trinajstić information content (AvgIpc) is 3.41. The Morgan fingerprint density at radius 1 is 1.16 bits per heavy atom. The van der Waals surface area contributed by atoms with Gasteiger partial charge in [0.25, 0.3) is 0 Å². The molecule has 2 amide bonds. The molecule has 2 unspecified atom stereocenters. The van der Waals surface area contributed by atoms with Gasteiger partial charge in [-0.3, -0.25) is 10.2 Å². The number of thiazole rings is 1. The molecular formula is C21H25F3N6OS. The Morgan fingerprint density at radius 3 is 2.66 bits per heavy atom. The highest BCUT2D eigenvalue weighted by Crippen LogP contribution is 2.44. The maximum atomic E-state index is 13.3. The minimum atomic E-state index is -4.21. The quantitative estimate of drug-likeness (QED) is 0.681. The molecule has 172 valence electrons. The number of piperidine rings is 1. The van der Waals surface area contributed by atoms with Gasteiger partial charge in [0.1, 0.15) is 12.0 Å². The fourth-order valence-corrected chi connectivity index (χ4v) is 5.61. The molecule has 2 saturated heterocycles. The van der Waals surface area contributed by atoms with Crippen LogP contribution in [0.4, 0.5) is 40.4 Å². The fourth-order valence-electron chi connectivity index (χ4n) is 4.81. The molecule has 0 radical (unpaired) electrons. The second kappa shape index (κ2) is 7.79. The van der Waals surface area contributed by atoms with Crippen LogP contribution in [0.25, 0.3) is 0 Å². The molecule has 32 heavy (non-hydrogen) atoms. The highest BCUT2D eigenvalue weighted by atomic mass is 32.1. The van der Waals surface area contributed by atoms with Gasteiger partial charge in [0.05, 0.1) is 17.3 Å². The molecule has 7 nitrogen and oxygen atoms in total. The van der Waals surface area contributed by atoms with E-state index in [9.17, 15) is 18.0 Å². The van der Waals surface area contributed by atoms with Gasteiger partial charge in [0, 0.05) is 24.5 Å². The number of hydrogen-bond acceptors (Lipinski definition) is 6. The second-order valence-electron chi connectivity index (χ2n) is 8.62. The molecule has 0 saturated carbocycles. The lowest BCUT2D eigenvalue weighted by Gasteiger charge is -2.34. The zero-order chi connectivity index (χ0) is 22.6. The second-order valence-corrected chi connectivity index (χ2v) is 9.82. The number of alkyl halides is 3. The van der Waals surface area contributed by atoms with Crippen LogP contribution in [0.3, 0.4) is 0 Å². The van der Waals surface area contributed by atoms with Crippen LogP contribution in [0.2, 0.25) is 0 Å². The third kappa shape index (κ3) is 3.66. The number of anilines is 4. The Balaban J connectivity index is 1.44. The fraction of sp³-hybridized carbons (Fsp3) is 0.571. The molecule has 0 spiro atoms. The van der Waals surface area contributed by atoms with E-state index < -0.39 is 12.1 Å². The summed E-state index contributed by atoms with van der Waals surface area (Å²) in [5.74, 6) is -0.369. The molecule has 1 N–H and O–H groups in total. The average molecular weight is 467 g/mol. The number of halogens is 3. The van der Waals surface area contributed by atoms with Gasteiger partial charge < -0.3 is 9.80 Å². The van der Waals surface area contributed by atoms with Gasteiger partial charge in [0.15, 0.2) is 10.9 Å². The van der Waals surface area contributed by atoms with Gasteiger partial charge in [-0.1, -0.05) is 0 Å². The first-order valence-corrected chi connectivity index (χ1v) is 11.7. The van der Waals surface area contributed by atoms with E-state index in [-0.39, 0.29) is 25.2 Å². The molecule has 2 aromatic rings. The molecule has 0 bridgehead atoms. The number of amides is 2. The third-order valence-electron chi connectivity index (χ3n) is 6.57. The minimum Gasteiger partial charge on any atom is -0.356 e. The first-order chi connectivity index (χ1) is 15.2. The molecule has 2 aromatic heterocycles. The summed E-state index contributed by atoms with van der Waals surface area (Å²) in [6.45, 7) is 5.08. The van der Waals surface area contributed by atoms with Gasteiger partial charge in [-0.15, -0.1) is 11.3 Å². The monoisotopic (exact) mass is 466 g/mol. The van der Waals surface area contributed by atoms with Crippen molar-refractivity contribution in [3.05, 3.63) is 22.7 Å². The van der Waals surface area contributed by atoms with E-state index in [1.54, 1.807) is 15.9 Å². The molecule has 5 heterocycles. The van der Waals surface area contributed by atoms with Crippen molar-refractivity contribution in [2.24, 2.45) is 5.92 Å². The van der Waals surface area contributed by atoms with Crippen LogP contribution >= 0.6 is 11.3 Å². The van der Waals surface area contributed by atoms with Crippen LogP contribution in [-0.2, 0) is 0 Å². The lowest BCUT2D eigenvalue weighted by molar-refractivity contribution is -0.176. The zero-order valence-corrected chi connectivity index (χ0v) is 18.8. The largest absolute Gasteiger partial charge is 0.393 e. The molecule has 2 fully saturated rings. The number of urea groups is 1. The number of aryl methyl sites for hydroxylation is 2. The maximum absolute atomic E-state index is 13.3. The highest BCUT2D eigenvalue weighted by Gasteiger charge is 2.45. The van der Waals surface area contributed by atoms with E-state index in [2.05, 4.69) is 15.2 Å². The van der Waals surface area contributed by atoms with Gasteiger partial charge in [0.2, 0.25) is 0 Å². The van der Waals surface area contributed by atoms with E-state index in [1.165, 1.54) is 11.3 Å². The summed E-state index contributed by atoms with van der Waals surface area (Å²) < 4.78 is 39.9. The van der Waals surface area contributed by atoms with E-state index in [0.717, 1.165) is 35.6 Å².